The van der Waals surface area contributed by atoms with Gasteiger partial charge < -0.3 is 5.32 Å². The molecule has 3 rings (SSSR count). The van der Waals surface area contributed by atoms with E-state index < -0.39 is 0 Å². The predicted molar refractivity (Wildman–Crippen MR) is 106 cm³/mol. The fourth-order valence-electron chi connectivity index (χ4n) is 2.45. The normalized spacial score (nSPS) is 11.4. The molecule has 0 aromatic carbocycles. The van der Waals surface area contributed by atoms with Crippen molar-refractivity contribution in [2.24, 2.45) is 5.92 Å². The average molecular weight is 410 g/mol. The number of fused-ring (bicyclic) bond motifs is 1. The second-order valence-corrected chi connectivity index (χ2v) is 9.16. The predicted octanol–water partition coefficient (Wildman–Crippen LogP) is 3.58. The minimum atomic E-state index is -0.0784. The van der Waals surface area contributed by atoms with Crippen LogP contribution < -0.4 is 10.9 Å². The molecule has 0 aliphatic carbocycles. The Hall–Kier alpha value is -1.78. The van der Waals surface area contributed by atoms with Gasteiger partial charge in [0, 0.05) is 28.8 Å². The average Bonchev–Trinajstić information content (AvgIpc) is 3.20. The molecule has 0 saturated carbocycles. The lowest BCUT2D eigenvalue weighted by Gasteiger charge is -2.09. The van der Waals surface area contributed by atoms with Crippen molar-refractivity contribution in [2.75, 3.05) is 5.32 Å². The van der Waals surface area contributed by atoms with E-state index >= 15 is 0 Å². The molecule has 7 nitrogen and oxygen atoms in total. The van der Waals surface area contributed by atoms with E-state index in [0.29, 0.717) is 21.5 Å². The molecule has 0 bridgehead atoms. The first-order valence-electron chi connectivity index (χ1n) is 8.26. The standard InChI is InChI=1S/C16H19N5O2S3/c1-4-10(5-2)13(23)18-14-19-20-16(26-14)24-8-11-6-12(22)21-7-9(3)25-15(21)17-11/h6-7,10H,4-5,8H2,1-3H3,(H,18,19,23). The van der Waals surface area contributed by atoms with Crippen LogP contribution in [0.4, 0.5) is 5.13 Å². The van der Waals surface area contributed by atoms with Crippen LogP contribution in [0.1, 0.15) is 37.3 Å². The van der Waals surface area contributed by atoms with E-state index in [9.17, 15) is 9.59 Å². The number of nitrogens with zero attached hydrogens (tertiary/aromatic N) is 4. The molecule has 0 spiro atoms. The second kappa shape index (κ2) is 8.28. The molecule has 26 heavy (non-hydrogen) atoms. The van der Waals surface area contributed by atoms with Gasteiger partial charge in [0.2, 0.25) is 11.0 Å². The molecule has 3 heterocycles. The molecule has 0 unspecified atom stereocenters. The van der Waals surface area contributed by atoms with Gasteiger partial charge in [0.05, 0.1) is 5.69 Å². The maximum atomic E-state index is 12.1. The molecular formula is C16H19N5O2S3. The molecule has 0 fully saturated rings. The summed E-state index contributed by atoms with van der Waals surface area (Å²) < 4.78 is 2.29. The van der Waals surface area contributed by atoms with Crippen molar-refractivity contribution in [3.63, 3.8) is 0 Å². The molecule has 0 saturated heterocycles. The third-order valence-electron chi connectivity index (χ3n) is 3.87. The maximum Gasteiger partial charge on any atom is 0.258 e. The lowest BCUT2D eigenvalue weighted by Crippen LogP contribution is -2.21. The molecule has 0 aliphatic rings. The zero-order valence-corrected chi connectivity index (χ0v) is 17.1. The molecule has 1 amide bonds. The lowest BCUT2D eigenvalue weighted by molar-refractivity contribution is -0.120. The van der Waals surface area contributed by atoms with Crippen molar-refractivity contribution < 1.29 is 4.79 Å². The Morgan fingerprint density at radius 1 is 1.31 bits per heavy atom. The van der Waals surface area contributed by atoms with Gasteiger partial charge in [-0.25, -0.2) is 4.98 Å². The summed E-state index contributed by atoms with van der Waals surface area (Å²) in [6.07, 6.45) is 3.40. The molecule has 10 heteroatoms. The molecule has 0 radical (unpaired) electrons. The second-order valence-electron chi connectivity index (χ2n) is 5.74. The molecule has 3 aromatic heterocycles. The highest BCUT2D eigenvalue weighted by atomic mass is 32.2. The number of amides is 1. The van der Waals surface area contributed by atoms with E-state index in [1.807, 2.05) is 20.8 Å². The van der Waals surface area contributed by atoms with Gasteiger partial charge in [-0.3, -0.25) is 14.0 Å². The third-order valence-corrected chi connectivity index (χ3v) is 6.78. The highest BCUT2D eigenvalue weighted by Gasteiger charge is 2.16. The third kappa shape index (κ3) is 4.30. The monoisotopic (exact) mass is 409 g/mol. The quantitative estimate of drug-likeness (QED) is 0.474. The minimum Gasteiger partial charge on any atom is -0.300 e. The zero-order valence-electron chi connectivity index (χ0n) is 14.7. The maximum absolute atomic E-state index is 12.1. The number of nitrogens with one attached hydrogen (secondary N) is 1. The SMILES string of the molecule is CCC(CC)C(=O)Nc1nnc(SCc2cc(=O)n3cc(C)sc3n2)s1. The fraction of sp³-hybridized carbons (Fsp3) is 0.438. The summed E-state index contributed by atoms with van der Waals surface area (Å²) in [5.74, 6) is 0.502. The number of thiazole rings is 1. The van der Waals surface area contributed by atoms with Crippen LogP contribution in [-0.4, -0.2) is 25.5 Å². The van der Waals surface area contributed by atoms with Crippen LogP contribution in [0.5, 0.6) is 0 Å². The lowest BCUT2D eigenvalue weighted by atomic mass is 10.0. The van der Waals surface area contributed by atoms with Crippen molar-refractivity contribution in [2.45, 2.75) is 43.7 Å². The Balaban J connectivity index is 1.65. The van der Waals surface area contributed by atoms with Crippen LogP contribution in [0, 0.1) is 12.8 Å². The number of hydrogen-bond acceptors (Lipinski definition) is 8. The smallest absolute Gasteiger partial charge is 0.258 e. The fourth-order valence-corrected chi connectivity index (χ4v) is 4.95. The van der Waals surface area contributed by atoms with Crippen LogP contribution >= 0.6 is 34.4 Å². The Labute approximate surface area is 162 Å². The van der Waals surface area contributed by atoms with Crippen LogP contribution in [0.3, 0.4) is 0 Å². The molecule has 3 aromatic rings. The Bertz CT molecular complexity index is 974. The number of aromatic nitrogens is 4. The zero-order chi connectivity index (χ0) is 18.7. The largest absolute Gasteiger partial charge is 0.300 e. The van der Waals surface area contributed by atoms with Gasteiger partial charge in [-0.05, 0) is 19.8 Å². The van der Waals surface area contributed by atoms with E-state index in [2.05, 4.69) is 20.5 Å². The summed E-state index contributed by atoms with van der Waals surface area (Å²) in [4.78, 5) is 30.5. The van der Waals surface area contributed by atoms with Crippen LogP contribution in [-0.2, 0) is 10.5 Å². The number of anilines is 1. The van der Waals surface area contributed by atoms with Gasteiger partial charge in [-0.2, -0.15) is 0 Å². The van der Waals surface area contributed by atoms with Gasteiger partial charge >= 0.3 is 0 Å². The summed E-state index contributed by atoms with van der Waals surface area (Å²) in [6.45, 7) is 5.94. The number of carbonyl (C=O) groups is 1. The number of carbonyl (C=O) groups excluding carboxylic acids is 1. The van der Waals surface area contributed by atoms with Crippen LogP contribution in [0.25, 0.3) is 4.96 Å². The van der Waals surface area contributed by atoms with Gasteiger partial charge in [0.15, 0.2) is 9.30 Å². The topological polar surface area (TPSA) is 89.2 Å². The first-order chi connectivity index (χ1) is 12.5. The van der Waals surface area contributed by atoms with Crippen molar-refractivity contribution in [3.8, 4) is 0 Å². The Morgan fingerprint density at radius 2 is 2.08 bits per heavy atom. The molecular weight excluding hydrogens is 390 g/mol. The molecule has 0 atom stereocenters. The van der Waals surface area contributed by atoms with Gasteiger partial charge in [-0.15, -0.1) is 21.5 Å². The molecule has 138 valence electrons. The first kappa shape index (κ1) is 19.0. The number of aryl methyl sites for hydroxylation is 1. The van der Waals surface area contributed by atoms with Crippen molar-refractivity contribution >= 4 is 50.4 Å². The summed E-state index contributed by atoms with van der Waals surface area (Å²) in [5.41, 5.74) is 0.630. The first-order valence-corrected chi connectivity index (χ1v) is 10.9. The summed E-state index contributed by atoms with van der Waals surface area (Å²) in [6, 6.07) is 1.54. The van der Waals surface area contributed by atoms with E-state index in [0.717, 1.165) is 22.1 Å². The molecule has 1 N–H and O–H groups in total. The van der Waals surface area contributed by atoms with Gasteiger partial charge in [0.25, 0.3) is 5.56 Å². The highest BCUT2D eigenvalue weighted by molar-refractivity contribution is 8.00. The summed E-state index contributed by atoms with van der Waals surface area (Å²) >= 11 is 4.27. The van der Waals surface area contributed by atoms with Gasteiger partial charge in [0.1, 0.15) is 0 Å². The minimum absolute atomic E-state index is 0.00633. The summed E-state index contributed by atoms with van der Waals surface area (Å²) in [5, 5.41) is 11.4. The van der Waals surface area contributed by atoms with Crippen LogP contribution in [0.2, 0.25) is 0 Å². The highest BCUT2D eigenvalue weighted by Crippen LogP contribution is 2.28. The number of thioether (sulfide) groups is 1. The van der Waals surface area contributed by atoms with Crippen molar-refractivity contribution in [1.29, 1.82) is 0 Å². The Morgan fingerprint density at radius 3 is 2.81 bits per heavy atom. The number of rotatable bonds is 7. The summed E-state index contributed by atoms with van der Waals surface area (Å²) in [7, 11) is 0. The van der Waals surface area contributed by atoms with Gasteiger partial charge in [-0.1, -0.05) is 36.9 Å². The molecule has 0 aliphatic heterocycles. The van der Waals surface area contributed by atoms with E-state index in [-0.39, 0.29) is 17.4 Å². The van der Waals surface area contributed by atoms with Crippen molar-refractivity contribution in [1.82, 2.24) is 19.6 Å². The van der Waals surface area contributed by atoms with Crippen molar-refractivity contribution in [3.05, 3.63) is 33.2 Å². The van der Waals surface area contributed by atoms with E-state index in [4.69, 9.17) is 0 Å². The number of hydrogen-bond donors (Lipinski definition) is 1. The Kier molecular flexibility index (Phi) is 6.05. The van der Waals surface area contributed by atoms with E-state index in [1.54, 1.807) is 16.7 Å². The van der Waals surface area contributed by atoms with E-state index in [1.165, 1.54) is 34.4 Å². The van der Waals surface area contributed by atoms with Crippen LogP contribution in [0.15, 0.2) is 21.4 Å².